The second-order valence-electron chi connectivity index (χ2n) is 19.6. The molecular weight excluding hydrogens is 1090 g/mol. The van der Waals surface area contributed by atoms with Gasteiger partial charge in [0, 0.05) is 69.7 Å². The Labute approximate surface area is 476 Å². The zero-order valence-electron chi connectivity index (χ0n) is 43.9. The van der Waals surface area contributed by atoms with E-state index in [9.17, 15) is 33.9 Å². The summed E-state index contributed by atoms with van der Waals surface area (Å²) in [7, 11) is 0. The van der Waals surface area contributed by atoms with Gasteiger partial charge < -0.3 is 57.1 Å². The molecule has 5 aromatic rings. The highest BCUT2D eigenvalue weighted by Crippen LogP contribution is 2.30. The Morgan fingerprint density at radius 1 is 0.885 bits per heavy atom. The van der Waals surface area contributed by atoms with Crippen LogP contribution in [0.3, 0.4) is 0 Å². The molecule has 4 atom stereocenters. The van der Waals surface area contributed by atoms with Gasteiger partial charge in [-0.2, -0.15) is 0 Å². The first-order valence-corrected chi connectivity index (χ1v) is 25.8. The number of halogens is 3. The number of nitrogens with two attached hydrogens (primary N) is 2. The van der Waals surface area contributed by atoms with Crippen molar-refractivity contribution in [2.75, 3.05) is 68.6 Å². The Bertz CT molecular complexity index is 2820. The summed E-state index contributed by atoms with van der Waals surface area (Å²) >= 11 is 1.56. The van der Waals surface area contributed by atoms with Gasteiger partial charge in [-0.05, 0) is 47.9 Å². The number of benzene rings is 2. The van der Waals surface area contributed by atoms with E-state index in [1.54, 1.807) is 41.4 Å². The third-order valence-corrected chi connectivity index (χ3v) is 14.0. The fraction of sp³-hybridized carbons (Fsp3) is 0.434. The minimum Gasteiger partial charge on any atom is -0.391 e. The predicted molar refractivity (Wildman–Crippen MR) is 305 cm³/mol. The molecule has 2 aliphatic heterocycles. The topological polar surface area (TPSA) is 299 Å². The van der Waals surface area contributed by atoms with Crippen LogP contribution in [-0.4, -0.2) is 136 Å². The lowest BCUT2D eigenvalue weighted by Crippen LogP contribution is -2.57. The molecule has 7 rings (SSSR count). The molecule has 0 radical (unpaired) electrons. The number of carbonyl (C=O) groups is 6. The molecule has 422 valence electrons. The highest BCUT2D eigenvalue weighted by Gasteiger charge is 2.44. The van der Waals surface area contributed by atoms with Gasteiger partial charge in [-0.1, -0.05) is 69.3 Å². The van der Waals surface area contributed by atoms with Gasteiger partial charge in [0.25, 0.3) is 5.91 Å². The summed E-state index contributed by atoms with van der Waals surface area (Å²) in [5.41, 5.74) is 18.9. The van der Waals surface area contributed by atoms with Gasteiger partial charge in [0.2, 0.25) is 29.5 Å². The van der Waals surface area contributed by atoms with Crippen molar-refractivity contribution < 1.29 is 43.3 Å². The summed E-state index contributed by atoms with van der Waals surface area (Å²) in [5, 5.41) is 22.0. The second-order valence-corrected chi connectivity index (χ2v) is 20.5. The molecule has 2 saturated heterocycles. The number of morpholine rings is 1. The number of amides is 6. The van der Waals surface area contributed by atoms with Gasteiger partial charge in [0.05, 0.1) is 78.1 Å². The van der Waals surface area contributed by atoms with Crippen LogP contribution in [0.25, 0.3) is 21.7 Å². The molecule has 21 nitrogen and oxygen atoms in total. The number of hydrogen-bond donors (Lipinski definition) is 7. The number of aryl methyl sites for hydroxylation is 1. The number of nitrogens with one attached hydrogen (secondary N) is 4. The third kappa shape index (κ3) is 17.5. The van der Waals surface area contributed by atoms with Crippen LogP contribution >= 0.6 is 48.6 Å². The molecule has 2 aliphatic rings. The van der Waals surface area contributed by atoms with E-state index in [4.69, 9.17) is 20.9 Å². The van der Waals surface area contributed by atoms with Crippen molar-refractivity contribution in [2.45, 2.75) is 84.5 Å². The first-order chi connectivity index (χ1) is 35.9. The van der Waals surface area contributed by atoms with Crippen LogP contribution in [0, 0.1) is 18.3 Å². The van der Waals surface area contributed by atoms with E-state index in [2.05, 4.69) is 46.1 Å². The number of ether oxygens (including phenoxy) is 2. The average Bonchev–Trinajstić information content (AvgIpc) is 4.04. The number of aliphatic hydroxyl groups is 1. The number of hydrogen-bond acceptors (Lipinski definition) is 16. The smallest absolute Gasteiger partial charge is 0.278 e. The Morgan fingerprint density at radius 2 is 1.58 bits per heavy atom. The molecule has 6 amide bonds. The van der Waals surface area contributed by atoms with Crippen LogP contribution in [0.1, 0.15) is 73.8 Å². The van der Waals surface area contributed by atoms with Gasteiger partial charge in [0.15, 0.2) is 11.5 Å². The van der Waals surface area contributed by atoms with Gasteiger partial charge in [-0.15, -0.1) is 48.6 Å². The normalized spacial score (nSPS) is 15.8. The van der Waals surface area contributed by atoms with E-state index in [0.717, 1.165) is 32.9 Å². The number of rotatable bonds is 22. The molecule has 9 N–H and O–H groups in total. The van der Waals surface area contributed by atoms with E-state index < -0.39 is 59.1 Å². The number of nitrogen functional groups attached to an aromatic ring is 1. The molecule has 25 heteroatoms. The lowest BCUT2D eigenvalue weighted by Gasteiger charge is -2.35. The monoisotopic (exact) mass is 1150 g/mol. The Kier molecular flexibility index (Phi) is 24.6. The van der Waals surface area contributed by atoms with E-state index in [1.165, 1.54) is 11.1 Å². The number of primary amides is 1. The summed E-state index contributed by atoms with van der Waals surface area (Å²) in [5.74, 6) is -3.37. The molecule has 2 unspecified atom stereocenters. The SMILES string of the molecule is Cc1ncsc1-c1ccc(CNC(=O)[C@@H]2C[C@@H](O)CN2C(=O)C(NC(=O)CCOCCNC(=O)CCC(Cc2ccc(-c3cnc(N)c(C(=O)Nc4cnccc4N4CCOCC4)n3)cc2)C(N)=O)C(C)(C)C)cc1.Cl.Cl.Cl. The maximum atomic E-state index is 14.0. The fourth-order valence-corrected chi connectivity index (χ4v) is 9.64. The summed E-state index contributed by atoms with van der Waals surface area (Å²) < 4.78 is 11.1. The Hall–Kier alpha value is -6.53. The van der Waals surface area contributed by atoms with Crippen LogP contribution < -0.4 is 37.6 Å². The van der Waals surface area contributed by atoms with Crippen LogP contribution in [0.2, 0.25) is 0 Å². The summed E-state index contributed by atoms with van der Waals surface area (Å²) in [6, 6.07) is 14.9. The first kappa shape index (κ1) is 64.0. The molecule has 0 aliphatic carbocycles. The third-order valence-electron chi connectivity index (χ3n) is 13.0. The number of thiazole rings is 1. The van der Waals surface area contributed by atoms with Crippen LogP contribution in [-0.2, 0) is 46.4 Å². The second kappa shape index (κ2) is 30.0. The van der Waals surface area contributed by atoms with Crippen molar-refractivity contribution in [1.82, 2.24) is 40.8 Å². The summed E-state index contributed by atoms with van der Waals surface area (Å²) in [6.45, 7) is 10.3. The predicted octanol–water partition coefficient (Wildman–Crippen LogP) is 4.66. The molecule has 3 aromatic heterocycles. The average molecular weight is 1160 g/mol. The lowest BCUT2D eigenvalue weighted by molar-refractivity contribution is -0.144. The molecule has 5 heterocycles. The van der Waals surface area contributed by atoms with E-state index in [1.807, 2.05) is 70.2 Å². The number of aromatic nitrogens is 4. The number of carbonyl (C=O) groups excluding carboxylic acids is 6. The summed E-state index contributed by atoms with van der Waals surface area (Å²) in [6.07, 6.45) is 4.32. The standard InChI is InChI=1S/C53H66N12O9S.3ClH/c1-32-46(75-31-60-32)36-11-7-34(8-12-36)27-59-50(70)42-26-38(66)30-65(42)52(72)47(53(2,3)4)63-44(68)16-21-73-22-18-57-43(67)14-13-37(49(55)69)25-33-5-9-35(10-6-33)39-29-58-48(54)45(61-39)51(71)62-40-28-56-17-15-41(40)64-19-23-74-24-20-64;;;/h5-12,15,17,28-29,31,37-38,42,47,66H,13-14,16,18-27,30H2,1-4H3,(H2,54,58)(H2,55,69)(H,57,67)(H,59,70)(H,62,71)(H,63,68);3*1H/t37?,38-,42+,47?;;;/m1.../s1. The van der Waals surface area contributed by atoms with Crippen molar-refractivity contribution in [3.05, 3.63) is 101 Å². The molecule has 0 saturated carbocycles. The largest absolute Gasteiger partial charge is 0.391 e. The minimum atomic E-state index is -0.995. The number of aliphatic hydroxyl groups excluding tert-OH is 1. The number of β-amino-alcohol motifs (C(OH)–C–C–N with tert-alkyl or cyclic N) is 1. The van der Waals surface area contributed by atoms with Crippen LogP contribution in [0.15, 0.2) is 78.7 Å². The van der Waals surface area contributed by atoms with Crippen molar-refractivity contribution in [3.63, 3.8) is 0 Å². The van der Waals surface area contributed by atoms with E-state index >= 15 is 0 Å². The lowest BCUT2D eigenvalue weighted by atomic mass is 9.85. The Balaban J connectivity index is 0.00000437. The van der Waals surface area contributed by atoms with E-state index in [-0.39, 0.29) is 120 Å². The quantitative estimate of drug-likeness (QED) is 0.0464. The number of likely N-dealkylation sites (tertiary alicyclic amines) is 1. The maximum Gasteiger partial charge on any atom is 0.278 e. The maximum absolute atomic E-state index is 14.0. The zero-order valence-corrected chi connectivity index (χ0v) is 47.2. The van der Waals surface area contributed by atoms with E-state index in [0.29, 0.717) is 43.2 Å². The van der Waals surface area contributed by atoms with Crippen LogP contribution in [0.4, 0.5) is 17.2 Å². The Morgan fingerprint density at radius 3 is 2.24 bits per heavy atom. The number of anilines is 3. The molecule has 2 fully saturated rings. The summed E-state index contributed by atoms with van der Waals surface area (Å²) in [4.78, 5) is 101. The number of pyridine rings is 1. The molecular formula is C53H69Cl3N12O9S. The highest BCUT2D eigenvalue weighted by molar-refractivity contribution is 7.13. The molecule has 0 bridgehead atoms. The van der Waals surface area contributed by atoms with Gasteiger partial charge in [0.1, 0.15) is 12.1 Å². The zero-order chi connectivity index (χ0) is 53.6. The van der Waals surface area contributed by atoms with Crippen molar-refractivity contribution in [1.29, 1.82) is 0 Å². The van der Waals surface area contributed by atoms with Gasteiger partial charge in [-0.25, -0.2) is 15.0 Å². The van der Waals surface area contributed by atoms with Crippen LogP contribution in [0.5, 0.6) is 0 Å². The van der Waals surface area contributed by atoms with Crippen molar-refractivity contribution in [2.24, 2.45) is 17.1 Å². The van der Waals surface area contributed by atoms with Crippen molar-refractivity contribution in [3.8, 4) is 21.7 Å². The minimum absolute atomic E-state index is 0. The van der Waals surface area contributed by atoms with Gasteiger partial charge >= 0.3 is 0 Å². The number of nitrogens with zero attached hydrogens (tertiary/aromatic N) is 6. The fourth-order valence-electron chi connectivity index (χ4n) is 8.83. The molecule has 78 heavy (non-hydrogen) atoms. The molecule has 2 aromatic carbocycles. The van der Waals surface area contributed by atoms with Crippen molar-refractivity contribution >= 4 is 101 Å². The molecule has 0 spiro atoms. The van der Waals surface area contributed by atoms with Gasteiger partial charge in [-0.3, -0.25) is 33.8 Å². The first-order valence-electron chi connectivity index (χ1n) is 24.9. The highest BCUT2D eigenvalue weighted by atomic mass is 35.5.